The van der Waals surface area contributed by atoms with Crippen molar-refractivity contribution in [1.29, 1.82) is 0 Å². The normalized spacial score (nSPS) is 15.9. The summed E-state index contributed by atoms with van der Waals surface area (Å²) in [4.78, 5) is 11.8. The van der Waals surface area contributed by atoms with Crippen molar-refractivity contribution in [2.45, 2.75) is 12.3 Å². The summed E-state index contributed by atoms with van der Waals surface area (Å²) in [5.41, 5.74) is 3.79. The summed E-state index contributed by atoms with van der Waals surface area (Å²) in [6, 6.07) is 12.9. The first kappa shape index (κ1) is 16.7. The minimum absolute atomic E-state index is 0.0239. The molecular formula is C22H18FN3O2. The van der Waals surface area contributed by atoms with Gasteiger partial charge in [0, 0.05) is 12.4 Å². The molecule has 0 amide bonds. The van der Waals surface area contributed by atoms with Gasteiger partial charge in [0.2, 0.25) is 0 Å². The van der Waals surface area contributed by atoms with Crippen LogP contribution in [0.5, 0.6) is 11.5 Å². The van der Waals surface area contributed by atoms with E-state index >= 15 is 0 Å². The summed E-state index contributed by atoms with van der Waals surface area (Å²) in [6.45, 7) is 0.498. The number of fused-ring (bicyclic) bond motifs is 2. The molecule has 1 unspecified atom stereocenters. The Kier molecular flexibility index (Phi) is 3.97. The van der Waals surface area contributed by atoms with Crippen molar-refractivity contribution in [2.75, 3.05) is 13.7 Å². The van der Waals surface area contributed by atoms with Crippen LogP contribution in [0.15, 0.2) is 54.9 Å². The van der Waals surface area contributed by atoms with Gasteiger partial charge in [0.25, 0.3) is 0 Å². The highest BCUT2D eigenvalue weighted by Crippen LogP contribution is 2.35. The molecule has 5 nitrogen and oxygen atoms in total. The standard InChI is InChI=1S/C22H18FN3O2/c1-27-17-2-3-20-15(9-17)8-16(12-28-20)22-25-19-11-14(10-18(23)21(19)26-22)13-4-6-24-7-5-13/h2-7,9-11,16H,8,12H2,1H3,(H,25,26). The van der Waals surface area contributed by atoms with Gasteiger partial charge in [-0.2, -0.15) is 0 Å². The quantitative estimate of drug-likeness (QED) is 0.573. The first-order chi connectivity index (χ1) is 13.7. The lowest BCUT2D eigenvalue weighted by Gasteiger charge is -2.24. The Morgan fingerprint density at radius 1 is 1.11 bits per heavy atom. The molecule has 4 aromatic rings. The fourth-order valence-electron chi connectivity index (χ4n) is 3.67. The van der Waals surface area contributed by atoms with E-state index in [0.29, 0.717) is 17.6 Å². The smallest absolute Gasteiger partial charge is 0.151 e. The number of hydrogen-bond donors (Lipinski definition) is 1. The lowest BCUT2D eigenvalue weighted by Crippen LogP contribution is -2.20. The molecule has 3 heterocycles. The second kappa shape index (κ2) is 6.64. The predicted molar refractivity (Wildman–Crippen MR) is 104 cm³/mol. The predicted octanol–water partition coefficient (Wildman–Crippen LogP) is 4.49. The minimum atomic E-state index is -0.342. The fourth-order valence-corrected chi connectivity index (χ4v) is 3.67. The molecule has 0 bridgehead atoms. The zero-order valence-electron chi connectivity index (χ0n) is 15.3. The number of aromatic nitrogens is 3. The second-order valence-electron chi connectivity index (χ2n) is 6.90. The Morgan fingerprint density at radius 2 is 1.96 bits per heavy atom. The summed E-state index contributed by atoms with van der Waals surface area (Å²) in [5.74, 6) is 2.07. The summed E-state index contributed by atoms with van der Waals surface area (Å²) >= 11 is 0. The molecule has 0 spiro atoms. The van der Waals surface area contributed by atoms with Crippen molar-refractivity contribution in [3.8, 4) is 22.6 Å². The lowest BCUT2D eigenvalue weighted by molar-refractivity contribution is 0.257. The number of halogens is 1. The molecule has 5 rings (SSSR count). The van der Waals surface area contributed by atoms with Gasteiger partial charge < -0.3 is 14.5 Å². The van der Waals surface area contributed by atoms with Crippen LogP contribution in [0.3, 0.4) is 0 Å². The number of pyridine rings is 1. The van der Waals surface area contributed by atoms with Crippen LogP contribution in [0, 0.1) is 5.82 Å². The van der Waals surface area contributed by atoms with E-state index in [1.54, 1.807) is 19.5 Å². The van der Waals surface area contributed by atoms with Crippen molar-refractivity contribution < 1.29 is 13.9 Å². The number of H-pyrrole nitrogens is 1. The molecule has 28 heavy (non-hydrogen) atoms. The van der Waals surface area contributed by atoms with E-state index in [1.165, 1.54) is 6.07 Å². The van der Waals surface area contributed by atoms with Gasteiger partial charge in [-0.25, -0.2) is 9.37 Å². The van der Waals surface area contributed by atoms with Gasteiger partial charge in [0.05, 0.1) is 25.2 Å². The van der Waals surface area contributed by atoms with E-state index in [2.05, 4.69) is 15.0 Å². The molecular weight excluding hydrogens is 357 g/mol. The highest BCUT2D eigenvalue weighted by Gasteiger charge is 2.25. The molecule has 0 fully saturated rings. The molecule has 1 atom stereocenters. The van der Waals surface area contributed by atoms with E-state index in [1.807, 2.05) is 36.4 Å². The van der Waals surface area contributed by atoms with Crippen molar-refractivity contribution >= 4 is 11.0 Å². The Bertz CT molecular complexity index is 1160. The van der Waals surface area contributed by atoms with Gasteiger partial charge >= 0.3 is 0 Å². The summed E-state index contributed by atoms with van der Waals surface area (Å²) in [5, 5.41) is 0. The molecule has 1 aliphatic heterocycles. The van der Waals surface area contributed by atoms with Crippen molar-refractivity contribution in [3.63, 3.8) is 0 Å². The number of benzene rings is 2. The van der Waals surface area contributed by atoms with Gasteiger partial charge in [-0.15, -0.1) is 0 Å². The summed E-state index contributed by atoms with van der Waals surface area (Å²) < 4.78 is 25.9. The van der Waals surface area contributed by atoms with Crippen LogP contribution in [0.4, 0.5) is 4.39 Å². The van der Waals surface area contributed by atoms with Gasteiger partial charge in [-0.3, -0.25) is 4.98 Å². The molecule has 0 saturated heterocycles. The molecule has 2 aromatic heterocycles. The zero-order chi connectivity index (χ0) is 19.1. The topological polar surface area (TPSA) is 60.0 Å². The number of nitrogens with one attached hydrogen (secondary N) is 1. The zero-order valence-corrected chi connectivity index (χ0v) is 15.3. The molecule has 1 N–H and O–H groups in total. The van der Waals surface area contributed by atoms with Crippen molar-refractivity contribution in [3.05, 3.63) is 72.1 Å². The minimum Gasteiger partial charge on any atom is -0.497 e. The lowest BCUT2D eigenvalue weighted by atomic mass is 9.96. The molecule has 0 saturated carbocycles. The van der Waals surface area contributed by atoms with Crippen LogP contribution in [-0.2, 0) is 6.42 Å². The average molecular weight is 375 g/mol. The SMILES string of the molecule is COc1ccc2c(c1)CC(c1nc3c(F)cc(-c4ccncc4)cc3[nH]1)CO2. The van der Waals surface area contributed by atoms with Gasteiger partial charge in [-0.05, 0) is 65.6 Å². The highest BCUT2D eigenvalue weighted by atomic mass is 19.1. The van der Waals surface area contributed by atoms with E-state index in [-0.39, 0.29) is 11.7 Å². The Labute approximate surface area is 161 Å². The van der Waals surface area contributed by atoms with Crippen LogP contribution < -0.4 is 9.47 Å². The van der Waals surface area contributed by atoms with Crippen LogP contribution in [0.2, 0.25) is 0 Å². The number of methoxy groups -OCH3 is 1. The number of nitrogens with zero attached hydrogens (tertiary/aromatic N) is 2. The third kappa shape index (κ3) is 2.87. The summed E-state index contributed by atoms with van der Waals surface area (Å²) in [6.07, 6.45) is 4.15. The second-order valence-corrected chi connectivity index (χ2v) is 6.90. The van der Waals surface area contributed by atoms with E-state index < -0.39 is 0 Å². The van der Waals surface area contributed by atoms with Crippen molar-refractivity contribution in [1.82, 2.24) is 15.0 Å². The Morgan fingerprint density at radius 3 is 2.79 bits per heavy atom. The fraction of sp³-hybridized carbons (Fsp3) is 0.182. The first-order valence-electron chi connectivity index (χ1n) is 9.10. The van der Waals surface area contributed by atoms with Crippen LogP contribution in [-0.4, -0.2) is 28.7 Å². The van der Waals surface area contributed by atoms with Gasteiger partial charge in [0.1, 0.15) is 22.8 Å². The number of ether oxygens (including phenoxy) is 2. The Balaban J connectivity index is 1.51. The monoisotopic (exact) mass is 375 g/mol. The molecule has 140 valence electrons. The van der Waals surface area contributed by atoms with Crippen LogP contribution in [0.25, 0.3) is 22.2 Å². The number of hydrogen-bond acceptors (Lipinski definition) is 4. The maximum Gasteiger partial charge on any atom is 0.151 e. The van der Waals surface area contributed by atoms with Gasteiger partial charge in [0.15, 0.2) is 5.82 Å². The highest BCUT2D eigenvalue weighted by molar-refractivity contribution is 5.82. The summed E-state index contributed by atoms with van der Waals surface area (Å²) in [7, 11) is 1.64. The number of rotatable bonds is 3. The maximum absolute atomic E-state index is 14.7. The number of imidazole rings is 1. The molecule has 1 aliphatic rings. The van der Waals surface area contributed by atoms with E-state index in [9.17, 15) is 4.39 Å². The van der Waals surface area contributed by atoms with Crippen LogP contribution >= 0.6 is 0 Å². The average Bonchev–Trinajstić information content (AvgIpc) is 3.18. The number of aromatic amines is 1. The molecule has 2 aromatic carbocycles. The van der Waals surface area contributed by atoms with Crippen LogP contribution in [0.1, 0.15) is 17.3 Å². The van der Waals surface area contributed by atoms with E-state index in [4.69, 9.17) is 9.47 Å². The first-order valence-corrected chi connectivity index (χ1v) is 9.10. The van der Waals surface area contributed by atoms with Gasteiger partial charge in [-0.1, -0.05) is 0 Å². The largest absolute Gasteiger partial charge is 0.497 e. The molecule has 0 aliphatic carbocycles. The van der Waals surface area contributed by atoms with E-state index in [0.717, 1.165) is 40.4 Å². The maximum atomic E-state index is 14.7. The van der Waals surface area contributed by atoms with Crippen molar-refractivity contribution in [2.24, 2.45) is 0 Å². The Hall–Kier alpha value is -3.41. The third-order valence-corrected chi connectivity index (χ3v) is 5.13. The molecule has 6 heteroatoms. The third-order valence-electron chi connectivity index (χ3n) is 5.13. The molecule has 0 radical (unpaired) electrons.